The third-order valence-electron chi connectivity index (χ3n) is 3.93. The lowest BCUT2D eigenvalue weighted by atomic mass is 10.00. The maximum absolute atomic E-state index is 13.6. The fraction of sp³-hybridized carbons (Fsp3) is 0.190. The van der Waals surface area contributed by atoms with Gasteiger partial charge in [-0.05, 0) is 35.9 Å². The Kier molecular flexibility index (Phi) is 7.14. The van der Waals surface area contributed by atoms with Gasteiger partial charge in [0, 0.05) is 17.0 Å². The maximum Gasteiger partial charge on any atom is 0.123 e. The first-order valence-corrected chi connectivity index (χ1v) is 8.15. The molecule has 27 heavy (non-hydrogen) atoms. The SMILES string of the molecule is C#CCc1nc2cc(OC[C@@H](O)CO)ccc2cc1-c1cccc(F)c1.Cl. The van der Waals surface area contributed by atoms with Crippen molar-refractivity contribution >= 4 is 23.3 Å². The average Bonchev–Trinajstić information content (AvgIpc) is 2.65. The van der Waals surface area contributed by atoms with Crippen molar-refractivity contribution in [3.8, 4) is 29.2 Å². The number of pyridine rings is 1. The second-order valence-corrected chi connectivity index (χ2v) is 5.88. The number of aliphatic hydroxyl groups is 2. The topological polar surface area (TPSA) is 62.6 Å². The summed E-state index contributed by atoms with van der Waals surface area (Å²) < 4.78 is 19.1. The molecule has 2 N–H and O–H groups in total. The summed E-state index contributed by atoms with van der Waals surface area (Å²) in [6, 6.07) is 13.6. The van der Waals surface area contributed by atoms with Gasteiger partial charge in [0.05, 0.1) is 24.2 Å². The molecule has 0 spiro atoms. The van der Waals surface area contributed by atoms with Gasteiger partial charge in [-0.25, -0.2) is 4.39 Å². The Labute approximate surface area is 163 Å². The van der Waals surface area contributed by atoms with Gasteiger partial charge in [-0.2, -0.15) is 0 Å². The van der Waals surface area contributed by atoms with E-state index in [1.54, 1.807) is 18.2 Å². The smallest absolute Gasteiger partial charge is 0.123 e. The number of fused-ring (bicyclic) bond motifs is 1. The first-order valence-electron chi connectivity index (χ1n) is 8.15. The van der Waals surface area contributed by atoms with Gasteiger partial charge in [0.1, 0.15) is 24.3 Å². The van der Waals surface area contributed by atoms with Crippen molar-refractivity contribution in [1.82, 2.24) is 4.98 Å². The van der Waals surface area contributed by atoms with E-state index in [9.17, 15) is 9.50 Å². The lowest BCUT2D eigenvalue weighted by Crippen LogP contribution is -2.21. The summed E-state index contributed by atoms with van der Waals surface area (Å²) >= 11 is 0. The molecule has 1 aromatic heterocycles. The number of terminal acetylenes is 1. The number of ether oxygens (including phenoxy) is 1. The van der Waals surface area contributed by atoms with Crippen molar-refractivity contribution < 1.29 is 19.3 Å². The molecule has 3 aromatic rings. The van der Waals surface area contributed by atoms with Crippen LogP contribution in [0.2, 0.25) is 0 Å². The first-order chi connectivity index (χ1) is 12.6. The predicted octanol–water partition coefficient (Wildman–Crippen LogP) is 3.37. The molecular formula is C21H19ClFNO3. The summed E-state index contributed by atoms with van der Waals surface area (Å²) in [4.78, 5) is 4.62. The average molecular weight is 388 g/mol. The van der Waals surface area contributed by atoms with E-state index in [4.69, 9.17) is 16.3 Å². The molecule has 0 aliphatic heterocycles. The normalized spacial score (nSPS) is 11.5. The molecule has 6 heteroatoms. The van der Waals surface area contributed by atoms with Gasteiger partial charge in [-0.1, -0.05) is 12.1 Å². The summed E-state index contributed by atoms with van der Waals surface area (Å²) in [5, 5.41) is 19.1. The quantitative estimate of drug-likeness (QED) is 0.636. The van der Waals surface area contributed by atoms with E-state index in [1.165, 1.54) is 12.1 Å². The molecule has 140 valence electrons. The van der Waals surface area contributed by atoms with Crippen LogP contribution >= 0.6 is 12.4 Å². The molecule has 2 aromatic carbocycles. The van der Waals surface area contributed by atoms with Crippen LogP contribution in [0.3, 0.4) is 0 Å². The van der Waals surface area contributed by atoms with E-state index in [1.807, 2.05) is 18.2 Å². The van der Waals surface area contributed by atoms with Gasteiger partial charge in [0.25, 0.3) is 0 Å². The minimum Gasteiger partial charge on any atom is -0.491 e. The highest BCUT2D eigenvalue weighted by Gasteiger charge is 2.11. The van der Waals surface area contributed by atoms with E-state index in [0.717, 1.165) is 16.5 Å². The highest BCUT2D eigenvalue weighted by molar-refractivity contribution is 5.86. The summed E-state index contributed by atoms with van der Waals surface area (Å²) in [7, 11) is 0. The maximum atomic E-state index is 13.6. The summed E-state index contributed by atoms with van der Waals surface area (Å²) in [5.74, 6) is 2.80. The molecule has 0 saturated heterocycles. The van der Waals surface area contributed by atoms with Crippen molar-refractivity contribution in [3.63, 3.8) is 0 Å². The van der Waals surface area contributed by atoms with Crippen molar-refractivity contribution in [1.29, 1.82) is 0 Å². The van der Waals surface area contributed by atoms with Crippen LogP contribution in [0.25, 0.3) is 22.0 Å². The van der Waals surface area contributed by atoms with Gasteiger partial charge >= 0.3 is 0 Å². The van der Waals surface area contributed by atoms with Gasteiger partial charge in [0.15, 0.2) is 0 Å². The van der Waals surface area contributed by atoms with Gasteiger partial charge in [0.2, 0.25) is 0 Å². The van der Waals surface area contributed by atoms with E-state index in [2.05, 4.69) is 10.9 Å². The Bertz CT molecular complexity index is 971. The fourth-order valence-electron chi connectivity index (χ4n) is 2.66. The Balaban J connectivity index is 0.00000261. The number of aromatic nitrogens is 1. The molecule has 0 fully saturated rings. The zero-order valence-corrected chi connectivity index (χ0v) is 15.2. The Morgan fingerprint density at radius 2 is 2.00 bits per heavy atom. The third kappa shape index (κ3) is 4.95. The van der Waals surface area contributed by atoms with Crippen LogP contribution in [0, 0.1) is 18.2 Å². The minimum absolute atomic E-state index is 0. The molecule has 0 unspecified atom stereocenters. The number of halogens is 2. The van der Waals surface area contributed by atoms with E-state index in [-0.39, 0.29) is 31.4 Å². The molecular weight excluding hydrogens is 369 g/mol. The van der Waals surface area contributed by atoms with Crippen molar-refractivity contribution in [3.05, 3.63) is 60.0 Å². The van der Waals surface area contributed by atoms with Crippen molar-refractivity contribution in [2.24, 2.45) is 0 Å². The molecule has 1 atom stereocenters. The number of aliphatic hydroxyl groups excluding tert-OH is 2. The Morgan fingerprint density at radius 3 is 2.70 bits per heavy atom. The third-order valence-corrected chi connectivity index (χ3v) is 3.93. The van der Waals surface area contributed by atoms with Crippen LogP contribution in [0.1, 0.15) is 5.69 Å². The van der Waals surface area contributed by atoms with Crippen LogP contribution in [0.15, 0.2) is 48.5 Å². The summed E-state index contributed by atoms with van der Waals surface area (Å²) in [6.07, 6.45) is 4.84. The molecule has 0 saturated carbocycles. The zero-order valence-electron chi connectivity index (χ0n) is 14.4. The lowest BCUT2D eigenvalue weighted by Gasteiger charge is -2.12. The largest absolute Gasteiger partial charge is 0.491 e. The number of hydrogen-bond donors (Lipinski definition) is 2. The van der Waals surface area contributed by atoms with Crippen LogP contribution in [0.4, 0.5) is 4.39 Å². The summed E-state index contributed by atoms with van der Waals surface area (Å²) in [6.45, 7) is -0.379. The minimum atomic E-state index is -0.939. The number of hydrogen-bond acceptors (Lipinski definition) is 4. The van der Waals surface area contributed by atoms with Crippen LogP contribution < -0.4 is 4.74 Å². The van der Waals surface area contributed by atoms with Crippen LogP contribution in [0.5, 0.6) is 5.75 Å². The summed E-state index contributed by atoms with van der Waals surface area (Å²) in [5.41, 5.74) is 2.87. The molecule has 1 heterocycles. The van der Waals surface area contributed by atoms with Gasteiger partial charge < -0.3 is 14.9 Å². The molecule has 0 radical (unpaired) electrons. The van der Waals surface area contributed by atoms with E-state index >= 15 is 0 Å². The van der Waals surface area contributed by atoms with Gasteiger partial charge in [-0.3, -0.25) is 4.98 Å². The number of rotatable bonds is 6. The standard InChI is InChI=1S/C21H18FNO3.ClH/c1-2-4-20-19(14-5-3-6-16(22)9-14)10-15-7-8-18(11-21(15)23-20)26-13-17(25)12-24;/h1,3,5-11,17,24-25H,4,12-13H2;1H/t17-;/m0./s1. The first kappa shape index (κ1) is 20.7. The van der Waals surface area contributed by atoms with E-state index in [0.29, 0.717) is 23.4 Å². The highest BCUT2D eigenvalue weighted by Crippen LogP contribution is 2.29. The molecule has 0 amide bonds. The zero-order chi connectivity index (χ0) is 18.5. The Morgan fingerprint density at radius 1 is 1.19 bits per heavy atom. The van der Waals surface area contributed by atoms with Gasteiger partial charge in [-0.15, -0.1) is 24.8 Å². The second-order valence-electron chi connectivity index (χ2n) is 5.88. The predicted molar refractivity (Wildman–Crippen MR) is 106 cm³/mol. The number of benzene rings is 2. The number of nitrogens with zero attached hydrogens (tertiary/aromatic N) is 1. The van der Waals surface area contributed by atoms with Crippen molar-refractivity contribution in [2.75, 3.05) is 13.2 Å². The van der Waals surface area contributed by atoms with Crippen molar-refractivity contribution in [2.45, 2.75) is 12.5 Å². The van der Waals surface area contributed by atoms with Crippen LogP contribution in [-0.4, -0.2) is 34.5 Å². The Hall–Kier alpha value is -2.65. The van der Waals surface area contributed by atoms with E-state index < -0.39 is 6.10 Å². The molecule has 0 bridgehead atoms. The highest BCUT2D eigenvalue weighted by atomic mass is 35.5. The second kappa shape index (κ2) is 9.33. The monoisotopic (exact) mass is 387 g/mol. The molecule has 4 nitrogen and oxygen atoms in total. The molecule has 0 aliphatic rings. The fourth-order valence-corrected chi connectivity index (χ4v) is 2.66. The lowest BCUT2D eigenvalue weighted by molar-refractivity contribution is 0.0536. The molecule has 3 rings (SSSR count). The molecule has 0 aliphatic carbocycles. The van der Waals surface area contributed by atoms with Crippen LogP contribution in [-0.2, 0) is 6.42 Å².